The first-order chi connectivity index (χ1) is 7.11. The van der Waals surface area contributed by atoms with Gasteiger partial charge in [-0.05, 0) is 20.8 Å². The highest BCUT2D eigenvalue weighted by Gasteiger charge is 2.03. The SMILES string of the molecule is CCNC(=O)Cn1ccc(NC(C)C)n1. The monoisotopic (exact) mass is 210 g/mol. The van der Waals surface area contributed by atoms with Crippen molar-refractivity contribution in [3.63, 3.8) is 0 Å². The van der Waals surface area contributed by atoms with Crippen LogP contribution in [0.3, 0.4) is 0 Å². The number of rotatable bonds is 5. The van der Waals surface area contributed by atoms with E-state index in [9.17, 15) is 4.79 Å². The molecule has 2 N–H and O–H groups in total. The van der Waals surface area contributed by atoms with Crippen molar-refractivity contribution in [1.82, 2.24) is 15.1 Å². The fourth-order valence-electron chi connectivity index (χ4n) is 1.22. The van der Waals surface area contributed by atoms with Gasteiger partial charge in [0.05, 0.1) is 0 Å². The lowest BCUT2D eigenvalue weighted by Gasteiger charge is -2.05. The highest BCUT2D eigenvalue weighted by molar-refractivity contribution is 5.75. The van der Waals surface area contributed by atoms with Gasteiger partial charge >= 0.3 is 0 Å². The van der Waals surface area contributed by atoms with Gasteiger partial charge in [0.15, 0.2) is 0 Å². The third kappa shape index (κ3) is 4.01. The number of hydrogen-bond acceptors (Lipinski definition) is 3. The van der Waals surface area contributed by atoms with E-state index in [2.05, 4.69) is 15.7 Å². The van der Waals surface area contributed by atoms with E-state index in [-0.39, 0.29) is 12.5 Å². The summed E-state index contributed by atoms with van der Waals surface area (Å²) in [5.41, 5.74) is 0. The van der Waals surface area contributed by atoms with Gasteiger partial charge in [-0.2, -0.15) is 5.10 Å². The summed E-state index contributed by atoms with van der Waals surface area (Å²) in [4.78, 5) is 11.3. The molecular formula is C10H18N4O. The van der Waals surface area contributed by atoms with Gasteiger partial charge in [0.25, 0.3) is 0 Å². The Morgan fingerprint density at radius 3 is 2.93 bits per heavy atom. The summed E-state index contributed by atoms with van der Waals surface area (Å²) < 4.78 is 1.62. The van der Waals surface area contributed by atoms with Crippen LogP contribution in [0.15, 0.2) is 12.3 Å². The Kier molecular flexibility index (Phi) is 4.15. The molecule has 0 aliphatic carbocycles. The summed E-state index contributed by atoms with van der Waals surface area (Å²) in [7, 11) is 0. The Labute approximate surface area is 89.9 Å². The van der Waals surface area contributed by atoms with Gasteiger partial charge in [-0.1, -0.05) is 0 Å². The molecular weight excluding hydrogens is 192 g/mol. The molecule has 0 aliphatic heterocycles. The van der Waals surface area contributed by atoms with Gasteiger partial charge in [-0.25, -0.2) is 0 Å². The van der Waals surface area contributed by atoms with Crippen molar-refractivity contribution in [3.8, 4) is 0 Å². The second-order valence-electron chi connectivity index (χ2n) is 3.65. The van der Waals surface area contributed by atoms with Crippen LogP contribution in [-0.2, 0) is 11.3 Å². The summed E-state index contributed by atoms with van der Waals surface area (Å²) in [5, 5.41) is 10.1. The van der Waals surface area contributed by atoms with E-state index in [1.54, 1.807) is 10.9 Å². The topological polar surface area (TPSA) is 59.0 Å². The maximum atomic E-state index is 11.3. The fourth-order valence-corrected chi connectivity index (χ4v) is 1.22. The smallest absolute Gasteiger partial charge is 0.241 e. The molecule has 1 heterocycles. The number of likely N-dealkylation sites (N-methyl/N-ethyl adjacent to an activating group) is 1. The van der Waals surface area contributed by atoms with E-state index in [0.29, 0.717) is 12.6 Å². The summed E-state index contributed by atoms with van der Waals surface area (Å²) >= 11 is 0. The molecule has 84 valence electrons. The predicted molar refractivity (Wildman–Crippen MR) is 59.7 cm³/mol. The first-order valence-corrected chi connectivity index (χ1v) is 5.18. The lowest BCUT2D eigenvalue weighted by atomic mass is 10.4. The maximum absolute atomic E-state index is 11.3. The second kappa shape index (κ2) is 5.38. The van der Waals surface area contributed by atoms with Gasteiger partial charge in [0.1, 0.15) is 12.4 Å². The van der Waals surface area contributed by atoms with E-state index >= 15 is 0 Å². The number of carbonyl (C=O) groups excluding carboxylic acids is 1. The van der Waals surface area contributed by atoms with Crippen LogP contribution in [0.2, 0.25) is 0 Å². The van der Waals surface area contributed by atoms with E-state index < -0.39 is 0 Å². The van der Waals surface area contributed by atoms with Gasteiger partial charge in [-0.15, -0.1) is 0 Å². The molecule has 1 rings (SSSR count). The zero-order chi connectivity index (χ0) is 11.3. The van der Waals surface area contributed by atoms with Crippen molar-refractivity contribution >= 4 is 11.7 Å². The summed E-state index contributed by atoms with van der Waals surface area (Å²) in [6, 6.07) is 2.21. The summed E-state index contributed by atoms with van der Waals surface area (Å²) in [6.45, 7) is 6.91. The lowest BCUT2D eigenvalue weighted by molar-refractivity contribution is -0.121. The quantitative estimate of drug-likeness (QED) is 0.757. The standard InChI is InChI=1S/C10H18N4O/c1-4-11-10(15)7-14-6-5-9(13-14)12-8(2)3/h5-6,8H,4,7H2,1-3H3,(H,11,15)(H,12,13). The van der Waals surface area contributed by atoms with Gasteiger partial charge in [-0.3, -0.25) is 9.48 Å². The minimum Gasteiger partial charge on any atom is -0.366 e. The Morgan fingerprint density at radius 1 is 1.60 bits per heavy atom. The van der Waals surface area contributed by atoms with Crippen molar-refractivity contribution in [2.75, 3.05) is 11.9 Å². The van der Waals surface area contributed by atoms with Crippen molar-refractivity contribution in [1.29, 1.82) is 0 Å². The van der Waals surface area contributed by atoms with Crippen LogP contribution >= 0.6 is 0 Å². The molecule has 0 bridgehead atoms. The number of anilines is 1. The van der Waals surface area contributed by atoms with Gasteiger partial charge in [0.2, 0.25) is 5.91 Å². The fraction of sp³-hybridized carbons (Fsp3) is 0.600. The number of amides is 1. The van der Waals surface area contributed by atoms with Crippen LogP contribution in [0.5, 0.6) is 0 Å². The number of aromatic nitrogens is 2. The third-order valence-electron chi connectivity index (χ3n) is 1.76. The van der Waals surface area contributed by atoms with Gasteiger partial charge < -0.3 is 10.6 Å². The average Bonchev–Trinajstić information content (AvgIpc) is 2.51. The molecule has 15 heavy (non-hydrogen) atoms. The van der Waals surface area contributed by atoms with Crippen molar-refractivity contribution < 1.29 is 4.79 Å². The molecule has 1 aromatic heterocycles. The van der Waals surface area contributed by atoms with E-state index in [1.165, 1.54) is 0 Å². The van der Waals surface area contributed by atoms with Crippen molar-refractivity contribution in [3.05, 3.63) is 12.3 Å². The van der Waals surface area contributed by atoms with Crippen molar-refractivity contribution in [2.45, 2.75) is 33.4 Å². The number of carbonyl (C=O) groups is 1. The van der Waals surface area contributed by atoms with E-state index in [4.69, 9.17) is 0 Å². The zero-order valence-corrected chi connectivity index (χ0v) is 9.45. The van der Waals surface area contributed by atoms with E-state index in [1.807, 2.05) is 26.8 Å². The molecule has 0 radical (unpaired) electrons. The highest BCUT2D eigenvalue weighted by atomic mass is 16.2. The average molecular weight is 210 g/mol. The second-order valence-corrected chi connectivity index (χ2v) is 3.65. The van der Waals surface area contributed by atoms with Crippen LogP contribution in [-0.4, -0.2) is 28.3 Å². The largest absolute Gasteiger partial charge is 0.366 e. The summed E-state index contributed by atoms with van der Waals surface area (Å²) in [6.07, 6.45) is 1.79. The molecule has 0 spiro atoms. The minimum absolute atomic E-state index is 0.0169. The van der Waals surface area contributed by atoms with Crippen molar-refractivity contribution in [2.24, 2.45) is 0 Å². The molecule has 0 saturated heterocycles. The molecule has 1 aromatic rings. The van der Waals surface area contributed by atoms with Crippen LogP contribution in [0.1, 0.15) is 20.8 Å². The number of nitrogens with one attached hydrogen (secondary N) is 2. The molecule has 5 heteroatoms. The minimum atomic E-state index is -0.0169. The zero-order valence-electron chi connectivity index (χ0n) is 9.45. The first kappa shape index (κ1) is 11.6. The molecule has 0 fully saturated rings. The molecule has 0 atom stereocenters. The van der Waals surface area contributed by atoms with Crippen LogP contribution in [0.4, 0.5) is 5.82 Å². The number of nitrogens with zero attached hydrogens (tertiary/aromatic N) is 2. The molecule has 0 saturated carbocycles. The van der Waals surface area contributed by atoms with Crippen LogP contribution < -0.4 is 10.6 Å². The van der Waals surface area contributed by atoms with Crippen LogP contribution in [0, 0.1) is 0 Å². The molecule has 0 aliphatic rings. The van der Waals surface area contributed by atoms with Gasteiger partial charge in [0, 0.05) is 24.8 Å². The van der Waals surface area contributed by atoms with Crippen LogP contribution in [0.25, 0.3) is 0 Å². The first-order valence-electron chi connectivity index (χ1n) is 5.18. The Hall–Kier alpha value is -1.52. The maximum Gasteiger partial charge on any atom is 0.241 e. The highest BCUT2D eigenvalue weighted by Crippen LogP contribution is 2.03. The predicted octanol–water partition coefficient (Wildman–Crippen LogP) is 0.839. The molecule has 0 unspecified atom stereocenters. The Morgan fingerprint density at radius 2 is 2.33 bits per heavy atom. The summed E-state index contributed by atoms with van der Waals surface area (Å²) in [5.74, 6) is 0.783. The number of hydrogen-bond donors (Lipinski definition) is 2. The Balaban J connectivity index is 2.49. The molecule has 1 amide bonds. The molecule has 5 nitrogen and oxygen atoms in total. The molecule has 0 aromatic carbocycles. The Bertz CT molecular complexity index is 319. The third-order valence-corrected chi connectivity index (χ3v) is 1.76. The lowest BCUT2D eigenvalue weighted by Crippen LogP contribution is -2.27. The van der Waals surface area contributed by atoms with E-state index in [0.717, 1.165) is 5.82 Å². The normalized spacial score (nSPS) is 10.4.